The van der Waals surface area contributed by atoms with Crippen molar-refractivity contribution in [1.82, 2.24) is 9.80 Å². The summed E-state index contributed by atoms with van der Waals surface area (Å²) in [6.07, 6.45) is 3.24. The summed E-state index contributed by atoms with van der Waals surface area (Å²) >= 11 is 0. The number of hydrogen-bond donors (Lipinski definition) is 0. The Kier molecular flexibility index (Phi) is 5.42. The molecule has 1 rings (SSSR count). The standard InChI is InChI=1S/C13H26N2O/c1-5-13(16)11(3)14(4)10-12-8-7-9-15(12)6-2/h11-12H,5-10H2,1-4H3. The van der Waals surface area contributed by atoms with Crippen molar-refractivity contribution >= 4 is 5.78 Å². The van der Waals surface area contributed by atoms with E-state index in [1.54, 1.807) is 0 Å². The third kappa shape index (κ3) is 3.29. The predicted molar refractivity (Wildman–Crippen MR) is 67.7 cm³/mol. The molecule has 1 aliphatic heterocycles. The molecule has 2 atom stereocenters. The molecule has 3 heteroatoms. The first kappa shape index (κ1) is 13.7. The van der Waals surface area contributed by atoms with Crippen LogP contribution in [0.5, 0.6) is 0 Å². The van der Waals surface area contributed by atoms with Crippen LogP contribution in [0.4, 0.5) is 0 Å². The molecule has 1 saturated heterocycles. The molecule has 3 nitrogen and oxygen atoms in total. The van der Waals surface area contributed by atoms with Crippen LogP contribution in [-0.4, -0.2) is 54.3 Å². The minimum absolute atomic E-state index is 0.0734. The van der Waals surface area contributed by atoms with Crippen LogP contribution in [0.3, 0.4) is 0 Å². The lowest BCUT2D eigenvalue weighted by atomic mass is 10.1. The van der Waals surface area contributed by atoms with Crippen LogP contribution in [0.1, 0.15) is 40.0 Å². The molecule has 0 bridgehead atoms. The van der Waals surface area contributed by atoms with E-state index in [4.69, 9.17) is 0 Å². The van der Waals surface area contributed by atoms with Crippen molar-refractivity contribution in [1.29, 1.82) is 0 Å². The molecule has 1 fully saturated rings. The van der Waals surface area contributed by atoms with Crippen LogP contribution in [0, 0.1) is 0 Å². The van der Waals surface area contributed by atoms with Crippen molar-refractivity contribution in [3.63, 3.8) is 0 Å². The highest BCUT2D eigenvalue weighted by atomic mass is 16.1. The van der Waals surface area contributed by atoms with E-state index in [2.05, 4.69) is 23.8 Å². The first-order valence-electron chi connectivity index (χ1n) is 6.57. The number of carbonyl (C=O) groups is 1. The number of nitrogens with zero attached hydrogens (tertiary/aromatic N) is 2. The van der Waals surface area contributed by atoms with E-state index in [9.17, 15) is 4.79 Å². The molecule has 94 valence electrons. The van der Waals surface area contributed by atoms with Crippen LogP contribution in [-0.2, 0) is 4.79 Å². The van der Waals surface area contributed by atoms with Gasteiger partial charge in [-0.25, -0.2) is 0 Å². The van der Waals surface area contributed by atoms with Crippen molar-refractivity contribution in [2.75, 3.05) is 26.7 Å². The Balaban J connectivity index is 2.44. The molecular weight excluding hydrogens is 200 g/mol. The predicted octanol–water partition coefficient (Wildman–Crippen LogP) is 1.77. The van der Waals surface area contributed by atoms with Gasteiger partial charge in [0.1, 0.15) is 5.78 Å². The summed E-state index contributed by atoms with van der Waals surface area (Å²) in [7, 11) is 2.07. The van der Waals surface area contributed by atoms with Crippen LogP contribution in [0.2, 0.25) is 0 Å². The lowest BCUT2D eigenvalue weighted by Gasteiger charge is -2.30. The van der Waals surface area contributed by atoms with Gasteiger partial charge in [0, 0.05) is 19.0 Å². The number of likely N-dealkylation sites (tertiary alicyclic amines) is 1. The van der Waals surface area contributed by atoms with Crippen molar-refractivity contribution in [3.8, 4) is 0 Å². The minimum Gasteiger partial charge on any atom is -0.299 e. The van der Waals surface area contributed by atoms with Gasteiger partial charge >= 0.3 is 0 Å². The smallest absolute Gasteiger partial charge is 0.149 e. The van der Waals surface area contributed by atoms with E-state index in [1.807, 2.05) is 13.8 Å². The second-order valence-corrected chi connectivity index (χ2v) is 4.86. The maximum absolute atomic E-state index is 11.6. The first-order chi connectivity index (χ1) is 7.60. The SMILES string of the molecule is CCC(=O)C(C)N(C)CC1CCCN1CC. The Bertz CT molecular complexity index is 230. The lowest BCUT2D eigenvalue weighted by molar-refractivity contribution is -0.123. The van der Waals surface area contributed by atoms with E-state index in [0.29, 0.717) is 18.2 Å². The molecule has 0 aliphatic carbocycles. The summed E-state index contributed by atoms with van der Waals surface area (Å²) in [5.74, 6) is 0.351. The monoisotopic (exact) mass is 226 g/mol. The van der Waals surface area contributed by atoms with Crippen molar-refractivity contribution < 1.29 is 4.79 Å². The van der Waals surface area contributed by atoms with Gasteiger partial charge in [0.2, 0.25) is 0 Å². The number of ketones is 1. The Morgan fingerprint density at radius 2 is 2.19 bits per heavy atom. The molecule has 0 aromatic rings. The van der Waals surface area contributed by atoms with Crippen LogP contribution in [0.15, 0.2) is 0 Å². The highest BCUT2D eigenvalue weighted by Crippen LogP contribution is 2.18. The summed E-state index contributed by atoms with van der Waals surface area (Å²) in [6.45, 7) is 9.58. The molecule has 0 amide bonds. The summed E-state index contributed by atoms with van der Waals surface area (Å²) in [5, 5.41) is 0. The number of Topliss-reactive ketones (excluding diaryl/α,β-unsaturated/α-hetero) is 1. The number of likely N-dealkylation sites (N-methyl/N-ethyl adjacent to an activating group) is 2. The van der Waals surface area contributed by atoms with Crippen LogP contribution < -0.4 is 0 Å². The van der Waals surface area contributed by atoms with Crippen molar-refractivity contribution in [2.45, 2.75) is 52.1 Å². The largest absolute Gasteiger partial charge is 0.299 e. The van der Waals surface area contributed by atoms with E-state index < -0.39 is 0 Å². The zero-order valence-corrected chi connectivity index (χ0v) is 11.2. The van der Waals surface area contributed by atoms with E-state index in [-0.39, 0.29) is 6.04 Å². The fraction of sp³-hybridized carbons (Fsp3) is 0.923. The molecule has 1 aliphatic rings. The Morgan fingerprint density at radius 3 is 2.75 bits per heavy atom. The molecule has 2 unspecified atom stereocenters. The fourth-order valence-electron chi connectivity index (χ4n) is 2.55. The molecule has 0 spiro atoms. The van der Waals surface area contributed by atoms with Crippen molar-refractivity contribution in [3.05, 3.63) is 0 Å². The molecule has 1 heterocycles. The van der Waals surface area contributed by atoms with Gasteiger partial charge in [-0.2, -0.15) is 0 Å². The average Bonchev–Trinajstić information content (AvgIpc) is 2.74. The Hall–Kier alpha value is -0.410. The third-order valence-corrected chi connectivity index (χ3v) is 3.88. The van der Waals surface area contributed by atoms with Crippen LogP contribution in [0.25, 0.3) is 0 Å². The van der Waals surface area contributed by atoms with Crippen molar-refractivity contribution in [2.24, 2.45) is 0 Å². The summed E-state index contributed by atoms with van der Waals surface area (Å²) in [5.41, 5.74) is 0. The van der Waals surface area contributed by atoms with Gasteiger partial charge in [-0.1, -0.05) is 13.8 Å². The maximum Gasteiger partial charge on any atom is 0.149 e. The van der Waals surface area contributed by atoms with Gasteiger partial charge in [0.15, 0.2) is 0 Å². The van der Waals surface area contributed by atoms with Gasteiger partial charge < -0.3 is 0 Å². The maximum atomic E-state index is 11.6. The highest BCUT2D eigenvalue weighted by molar-refractivity contribution is 5.83. The van der Waals surface area contributed by atoms with Gasteiger partial charge in [-0.15, -0.1) is 0 Å². The van der Waals surface area contributed by atoms with Gasteiger partial charge in [0.05, 0.1) is 6.04 Å². The number of hydrogen-bond acceptors (Lipinski definition) is 3. The second-order valence-electron chi connectivity index (χ2n) is 4.86. The van der Waals surface area contributed by atoms with E-state index in [0.717, 1.165) is 13.1 Å². The van der Waals surface area contributed by atoms with Gasteiger partial charge in [-0.05, 0) is 39.9 Å². The molecule has 0 aromatic heterocycles. The molecule has 0 N–H and O–H groups in total. The van der Waals surface area contributed by atoms with Gasteiger partial charge in [-0.3, -0.25) is 14.6 Å². The summed E-state index contributed by atoms with van der Waals surface area (Å²) in [4.78, 5) is 16.4. The summed E-state index contributed by atoms with van der Waals surface area (Å²) < 4.78 is 0. The van der Waals surface area contributed by atoms with Gasteiger partial charge in [0.25, 0.3) is 0 Å². The van der Waals surface area contributed by atoms with Crippen LogP contribution >= 0.6 is 0 Å². The fourth-order valence-corrected chi connectivity index (χ4v) is 2.55. The first-order valence-corrected chi connectivity index (χ1v) is 6.57. The molecular formula is C13H26N2O. The number of carbonyl (C=O) groups excluding carboxylic acids is 1. The molecule has 16 heavy (non-hydrogen) atoms. The normalized spacial score (nSPS) is 23.9. The minimum atomic E-state index is 0.0734. The molecule has 0 aromatic carbocycles. The number of rotatable bonds is 6. The topological polar surface area (TPSA) is 23.6 Å². The third-order valence-electron chi connectivity index (χ3n) is 3.88. The highest BCUT2D eigenvalue weighted by Gasteiger charge is 2.26. The Labute approximate surface area is 99.8 Å². The lowest BCUT2D eigenvalue weighted by Crippen LogP contribution is -2.44. The van der Waals surface area contributed by atoms with E-state index in [1.165, 1.54) is 19.4 Å². The molecule has 0 radical (unpaired) electrons. The van der Waals surface area contributed by atoms with E-state index >= 15 is 0 Å². The second kappa shape index (κ2) is 6.36. The molecule has 0 saturated carbocycles. The summed E-state index contributed by atoms with van der Waals surface area (Å²) in [6, 6.07) is 0.728. The quantitative estimate of drug-likeness (QED) is 0.689. The zero-order valence-electron chi connectivity index (χ0n) is 11.2. The average molecular weight is 226 g/mol. The zero-order chi connectivity index (χ0) is 12.1. The Morgan fingerprint density at radius 1 is 1.50 bits per heavy atom.